The minimum Gasteiger partial charge on any atom is -0.271 e. The standard InChI is InChI=1S/C13H14Cl2N4/c1-8-17-5-4-12(18-8)13(19-16)6-9-2-3-10(14)7-11(9)15/h2-5,7,13,19H,6,16H2,1H3. The van der Waals surface area contributed by atoms with Gasteiger partial charge in [-0.1, -0.05) is 29.3 Å². The van der Waals surface area contributed by atoms with E-state index in [1.54, 1.807) is 12.3 Å². The zero-order chi connectivity index (χ0) is 13.8. The number of benzene rings is 1. The van der Waals surface area contributed by atoms with Gasteiger partial charge in [-0.2, -0.15) is 0 Å². The molecule has 0 aliphatic heterocycles. The molecule has 0 bridgehead atoms. The second-order valence-corrected chi connectivity index (χ2v) is 5.03. The molecule has 0 saturated carbocycles. The fraction of sp³-hybridized carbons (Fsp3) is 0.231. The van der Waals surface area contributed by atoms with Gasteiger partial charge < -0.3 is 0 Å². The lowest BCUT2D eigenvalue weighted by atomic mass is 10.0. The van der Waals surface area contributed by atoms with Gasteiger partial charge in [0.05, 0.1) is 11.7 Å². The van der Waals surface area contributed by atoms with Gasteiger partial charge in [0.2, 0.25) is 0 Å². The van der Waals surface area contributed by atoms with Gasteiger partial charge in [0.25, 0.3) is 0 Å². The number of nitrogens with zero attached hydrogens (tertiary/aromatic N) is 2. The lowest BCUT2D eigenvalue weighted by Crippen LogP contribution is -2.30. The van der Waals surface area contributed by atoms with Crippen LogP contribution in [0, 0.1) is 6.92 Å². The van der Waals surface area contributed by atoms with Crippen LogP contribution in [0.1, 0.15) is 23.1 Å². The van der Waals surface area contributed by atoms with Crippen molar-refractivity contribution in [2.75, 3.05) is 0 Å². The van der Waals surface area contributed by atoms with E-state index in [2.05, 4.69) is 15.4 Å². The van der Waals surface area contributed by atoms with Crippen LogP contribution in [0.3, 0.4) is 0 Å². The summed E-state index contributed by atoms with van der Waals surface area (Å²) in [6, 6.07) is 7.13. The monoisotopic (exact) mass is 296 g/mol. The number of nitrogens with one attached hydrogen (secondary N) is 1. The van der Waals surface area contributed by atoms with Crippen molar-refractivity contribution in [2.24, 2.45) is 5.84 Å². The van der Waals surface area contributed by atoms with Gasteiger partial charge in [-0.15, -0.1) is 0 Å². The van der Waals surface area contributed by atoms with Gasteiger partial charge in [-0.05, 0) is 37.1 Å². The molecule has 0 aliphatic carbocycles. The number of hydrogen-bond donors (Lipinski definition) is 2. The second kappa shape index (κ2) is 6.30. The van der Waals surface area contributed by atoms with Crippen molar-refractivity contribution >= 4 is 23.2 Å². The average molecular weight is 297 g/mol. The average Bonchev–Trinajstić information content (AvgIpc) is 2.38. The SMILES string of the molecule is Cc1nccc(C(Cc2ccc(Cl)cc2Cl)NN)n1. The molecule has 0 spiro atoms. The van der Waals surface area contributed by atoms with Gasteiger partial charge in [-0.3, -0.25) is 11.3 Å². The van der Waals surface area contributed by atoms with Crippen LogP contribution in [0.25, 0.3) is 0 Å². The highest BCUT2D eigenvalue weighted by atomic mass is 35.5. The Morgan fingerprint density at radius 2 is 2.11 bits per heavy atom. The summed E-state index contributed by atoms with van der Waals surface area (Å²) >= 11 is 12.0. The van der Waals surface area contributed by atoms with E-state index in [-0.39, 0.29) is 6.04 Å². The zero-order valence-electron chi connectivity index (χ0n) is 10.4. The second-order valence-electron chi connectivity index (χ2n) is 4.19. The lowest BCUT2D eigenvalue weighted by molar-refractivity contribution is 0.535. The Kier molecular flexibility index (Phi) is 4.71. The molecule has 0 aliphatic rings. The summed E-state index contributed by atoms with van der Waals surface area (Å²) in [6.45, 7) is 1.84. The predicted molar refractivity (Wildman–Crippen MR) is 77.0 cm³/mol. The summed E-state index contributed by atoms with van der Waals surface area (Å²) in [5.41, 5.74) is 4.55. The van der Waals surface area contributed by atoms with E-state index < -0.39 is 0 Å². The van der Waals surface area contributed by atoms with Crippen LogP contribution in [0.15, 0.2) is 30.5 Å². The molecule has 1 aromatic carbocycles. The number of hydrogen-bond acceptors (Lipinski definition) is 4. The summed E-state index contributed by atoms with van der Waals surface area (Å²) in [6.07, 6.45) is 2.34. The van der Waals surface area contributed by atoms with E-state index in [1.165, 1.54) is 0 Å². The molecule has 0 amide bonds. The predicted octanol–water partition coefficient (Wildman–Crippen LogP) is 2.84. The van der Waals surface area contributed by atoms with Gasteiger partial charge in [0.1, 0.15) is 5.82 Å². The molecule has 19 heavy (non-hydrogen) atoms. The molecule has 2 aromatic rings. The Morgan fingerprint density at radius 1 is 1.32 bits per heavy atom. The number of halogens is 2. The first-order valence-electron chi connectivity index (χ1n) is 5.79. The third-order valence-electron chi connectivity index (χ3n) is 2.79. The van der Waals surface area contributed by atoms with Gasteiger partial charge in [0, 0.05) is 16.2 Å². The third kappa shape index (κ3) is 3.64. The highest BCUT2D eigenvalue weighted by Crippen LogP contribution is 2.25. The summed E-state index contributed by atoms with van der Waals surface area (Å²) in [7, 11) is 0. The maximum absolute atomic E-state index is 6.16. The van der Waals surface area contributed by atoms with Crippen molar-refractivity contribution in [3.05, 3.63) is 57.6 Å². The third-order valence-corrected chi connectivity index (χ3v) is 3.38. The zero-order valence-corrected chi connectivity index (χ0v) is 11.9. The highest BCUT2D eigenvalue weighted by Gasteiger charge is 2.14. The molecule has 3 N–H and O–H groups in total. The Labute approximate surface area is 121 Å². The quantitative estimate of drug-likeness (QED) is 0.673. The van der Waals surface area contributed by atoms with E-state index in [4.69, 9.17) is 29.0 Å². The molecular weight excluding hydrogens is 283 g/mol. The normalized spacial score (nSPS) is 12.4. The van der Waals surface area contributed by atoms with Crippen molar-refractivity contribution < 1.29 is 0 Å². The van der Waals surface area contributed by atoms with E-state index in [0.717, 1.165) is 11.3 Å². The van der Waals surface area contributed by atoms with Crippen LogP contribution in [-0.2, 0) is 6.42 Å². The first kappa shape index (κ1) is 14.2. The number of aryl methyl sites for hydroxylation is 1. The van der Waals surface area contributed by atoms with E-state index in [0.29, 0.717) is 22.3 Å². The van der Waals surface area contributed by atoms with Crippen LogP contribution < -0.4 is 11.3 Å². The summed E-state index contributed by atoms with van der Waals surface area (Å²) in [4.78, 5) is 8.43. The number of rotatable bonds is 4. The van der Waals surface area contributed by atoms with Crippen LogP contribution in [0.5, 0.6) is 0 Å². The van der Waals surface area contributed by atoms with Crippen molar-refractivity contribution in [3.8, 4) is 0 Å². The first-order valence-corrected chi connectivity index (χ1v) is 6.55. The molecule has 0 fully saturated rings. The largest absolute Gasteiger partial charge is 0.271 e. The number of hydrazine groups is 1. The molecule has 1 heterocycles. The molecular formula is C13H14Cl2N4. The van der Waals surface area contributed by atoms with Crippen LogP contribution in [-0.4, -0.2) is 9.97 Å². The first-order chi connectivity index (χ1) is 9.10. The van der Waals surface area contributed by atoms with Crippen LogP contribution in [0.4, 0.5) is 0 Å². The Hall–Kier alpha value is -1.20. The summed E-state index contributed by atoms with van der Waals surface area (Å²) in [5.74, 6) is 6.31. The number of nitrogens with two attached hydrogens (primary N) is 1. The minimum absolute atomic E-state index is 0.125. The van der Waals surface area contributed by atoms with Crippen LogP contribution >= 0.6 is 23.2 Å². The van der Waals surface area contributed by atoms with Crippen molar-refractivity contribution in [1.82, 2.24) is 15.4 Å². The fourth-order valence-electron chi connectivity index (χ4n) is 1.82. The molecule has 2 rings (SSSR count). The summed E-state index contributed by atoms with van der Waals surface area (Å²) < 4.78 is 0. The maximum atomic E-state index is 6.16. The smallest absolute Gasteiger partial charge is 0.125 e. The highest BCUT2D eigenvalue weighted by molar-refractivity contribution is 6.35. The molecule has 4 nitrogen and oxygen atoms in total. The minimum atomic E-state index is -0.125. The van der Waals surface area contributed by atoms with E-state index >= 15 is 0 Å². The van der Waals surface area contributed by atoms with Crippen LogP contribution in [0.2, 0.25) is 10.0 Å². The van der Waals surface area contributed by atoms with E-state index in [9.17, 15) is 0 Å². The lowest BCUT2D eigenvalue weighted by Gasteiger charge is -2.16. The van der Waals surface area contributed by atoms with Crippen molar-refractivity contribution in [1.29, 1.82) is 0 Å². The Balaban J connectivity index is 2.24. The maximum Gasteiger partial charge on any atom is 0.125 e. The molecule has 100 valence electrons. The summed E-state index contributed by atoms with van der Waals surface area (Å²) in [5, 5.41) is 1.24. The Bertz CT molecular complexity index is 574. The van der Waals surface area contributed by atoms with Crippen molar-refractivity contribution in [2.45, 2.75) is 19.4 Å². The van der Waals surface area contributed by atoms with Gasteiger partial charge >= 0.3 is 0 Å². The molecule has 6 heteroatoms. The van der Waals surface area contributed by atoms with E-state index in [1.807, 2.05) is 25.1 Å². The molecule has 0 saturated heterocycles. The Morgan fingerprint density at radius 3 is 2.74 bits per heavy atom. The molecule has 1 atom stereocenters. The van der Waals surface area contributed by atoms with Gasteiger partial charge in [-0.25, -0.2) is 9.97 Å². The van der Waals surface area contributed by atoms with Gasteiger partial charge in [0.15, 0.2) is 0 Å². The van der Waals surface area contributed by atoms with Crippen molar-refractivity contribution in [3.63, 3.8) is 0 Å². The molecule has 0 radical (unpaired) electrons. The molecule has 1 unspecified atom stereocenters. The molecule has 1 aromatic heterocycles. The number of aromatic nitrogens is 2. The topological polar surface area (TPSA) is 63.8 Å². The fourth-order valence-corrected chi connectivity index (χ4v) is 2.31.